The number of nitrogens with one attached hydrogen (secondary N) is 1. The third-order valence-corrected chi connectivity index (χ3v) is 9.41. The van der Waals surface area contributed by atoms with Crippen LogP contribution >= 0.6 is 23.2 Å². The van der Waals surface area contributed by atoms with Crippen LogP contribution in [0.3, 0.4) is 0 Å². The first-order chi connectivity index (χ1) is 14.8. The lowest BCUT2D eigenvalue weighted by Gasteiger charge is -2.27. The minimum absolute atomic E-state index is 0.0311. The largest absolute Gasteiger partial charge is 0.351 e. The second-order valence-electron chi connectivity index (χ2n) is 8.91. The van der Waals surface area contributed by atoms with Crippen molar-refractivity contribution >= 4 is 39.1 Å². The molecule has 31 heavy (non-hydrogen) atoms. The molecule has 2 aromatic rings. The van der Waals surface area contributed by atoms with E-state index in [1.165, 1.54) is 19.0 Å². The second kappa shape index (κ2) is 7.73. The Bertz CT molecular complexity index is 1110. The van der Waals surface area contributed by atoms with Crippen LogP contribution in [0.25, 0.3) is 0 Å². The Kier molecular flexibility index (Phi) is 5.28. The van der Waals surface area contributed by atoms with E-state index in [4.69, 9.17) is 23.2 Å². The first-order valence-corrected chi connectivity index (χ1v) is 12.6. The summed E-state index contributed by atoms with van der Waals surface area (Å²) >= 11 is 12.1. The lowest BCUT2D eigenvalue weighted by atomic mass is 9.92. The van der Waals surface area contributed by atoms with E-state index in [0.29, 0.717) is 41.2 Å². The van der Waals surface area contributed by atoms with Crippen molar-refractivity contribution < 1.29 is 13.2 Å². The van der Waals surface area contributed by atoms with Crippen LogP contribution in [0.5, 0.6) is 0 Å². The molecule has 1 unspecified atom stereocenters. The molecule has 1 aliphatic heterocycles. The number of hydrogen-bond acceptors (Lipinski definition) is 4. The Morgan fingerprint density at radius 2 is 1.94 bits per heavy atom. The van der Waals surface area contributed by atoms with E-state index in [1.54, 1.807) is 40.8 Å². The number of hydrogen-bond donors (Lipinski definition) is 1. The SMILES string of the molecule is O=C(NCC1(CC2CC2)[C@@H]2CN(S(=O)(=O)c3cccnc3)C[C@@H]21)c1ccc(Cl)cc1Cl. The van der Waals surface area contributed by atoms with E-state index >= 15 is 0 Å². The average molecular weight is 480 g/mol. The zero-order chi connectivity index (χ0) is 21.8. The summed E-state index contributed by atoms with van der Waals surface area (Å²) in [5.74, 6) is 0.993. The van der Waals surface area contributed by atoms with Gasteiger partial charge in [-0.1, -0.05) is 36.0 Å². The van der Waals surface area contributed by atoms with Gasteiger partial charge in [0.1, 0.15) is 4.90 Å². The topological polar surface area (TPSA) is 79.4 Å². The Labute approximate surface area is 192 Å². The van der Waals surface area contributed by atoms with Crippen LogP contribution in [-0.4, -0.2) is 43.2 Å². The summed E-state index contributed by atoms with van der Waals surface area (Å²) in [5.41, 5.74) is 0.371. The van der Waals surface area contributed by atoms with Gasteiger partial charge in [-0.25, -0.2) is 8.42 Å². The predicted octanol–water partition coefficient (Wildman–Crippen LogP) is 3.86. The van der Waals surface area contributed by atoms with Crippen LogP contribution in [0.2, 0.25) is 10.0 Å². The van der Waals surface area contributed by atoms with Gasteiger partial charge in [-0.3, -0.25) is 9.78 Å². The molecule has 2 aliphatic carbocycles. The highest BCUT2D eigenvalue weighted by atomic mass is 35.5. The molecule has 1 N–H and O–H groups in total. The first-order valence-electron chi connectivity index (χ1n) is 10.4. The number of sulfonamides is 1. The summed E-state index contributed by atoms with van der Waals surface area (Å²) in [5, 5.41) is 3.87. The van der Waals surface area contributed by atoms with E-state index in [0.717, 1.165) is 6.42 Å². The molecular formula is C22H23Cl2N3O3S. The van der Waals surface area contributed by atoms with Crippen molar-refractivity contribution in [2.75, 3.05) is 19.6 Å². The number of piperidine rings is 1. The summed E-state index contributed by atoms with van der Waals surface area (Å²) in [6.45, 7) is 1.52. The van der Waals surface area contributed by atoms with Crippen LogP contribution in [0.1, 0.15) is 29.6 Å². The van der Waals surface area contributed by atoms with Crippen LogP contribution in [0.4, 0.5) is 0 Å². The van der Waals surface area contributed by atoms with E-state index in [1.807, 2.05) is 0 Å². The summed E-state index contributed by atoms with van der Waals surface area (Å²) in [4.78, 5) is 16.9. The predicted molar refractivity (Wildman–Crippen MR) is 119 cm³/mol. The smallest absolute Gasteiger partial charge is 0.252 e. The molecule has 164 valence electrons. The normalized spacial score (nSPS) is 27.7. The maximum Gasteiger partial charge on any atom is 0.252 e. The highest BCUT2D eigenvalue weighted by Crippen LogP contribution is 2.67. The number of aromatic nitrogens is 1. The molecule has 0 spiro atoms. The Balaban J connectivity index is 1.28. The average Bonchev–Trinajstić information content (AvgIpc) is 3.61. The molecule has 1 saturated heterocycles. The van der Waals surface area contributed by atoms with E-state index in [2.05, 4.69) is 10.3 Å². The number of nitrogens with zero attached hydrogens (tertiary/aromatic N) is 2. The van der Waals surface area contributed by atoms with Gasteiger partial charge in [0.15, 0.2) is 0 Å². The summed E-state index contributed by atoms with van der Waals surface area (Å²) in [7, 11) is -3.53. The molecule has 1 amide bonds. The molecule has 0 radical (unpaired) electrons. The van der Waals surface area contributed by atoms with Gasteiger partial charge in [-0.15, -0.1) is 0 Å². The summed E-state index contributed by atoms with van der Waals surface area (Å²) < 4.78 is 27.5. The third-order valence-electron chi connectivity index (χ3n) is 7.05. The van der Waals surface area contributed by atoms with Gasteiger partial charge in [0.25, 0.3) is 5.91 Å². The van der Waals surface area contributed by atoms with Gasteiger partial charge in [-0.05, 0) is 59.9 Å². The summed E-state index contributed by atoms with van der Waals surface area (Å²) in [6.07, 6.45) is 6.44. The van der Waals surface area contributed by atoms with Gasteiger partial charge < -0.3 is 5.32 Å². The number of halogens is 2. The van der Waals surface area contributed by atoms with Gasteiger partial charge >= 0.3 is 0 Å². The third kappa shape index (κ3) is 3.86. The van der Waals surface area contributed by atoms with Crippen molar-refractivity contribution in [2.24, 2.45) is 23.2 Å². The summed E-state index contributed by atoms with van der Waals surface area (Å²) in [6, 6.07) is 8.06. The number of pyridine rings is 1. The first kappa shape index (κ1) is 21.2. The number of benzene rings is 1. The minimum Gasteiger partial charge on any atom is -0.351 e. The lowest BCUT2D eigenvalue weighted by molar-refractivity contribution is 0.0937. The maximum absolute atomic E-state index is 13.0. The van der Waals surface area contributed by atoms with Crippen molar-refractivity contribution in [3.05, 3.63) is 58.3 Å². The van der Waals surface area contributed by atoms with Crippen LogP contribution in [0.15, 0.2) is 47.6 Å². The molecule has 9 heteroatoms. The molecule has 2 saturated carbocycles. The fourth-order valence-corrected chi connectivity index (χ4v) is 7.11. The van der Waals surface area contributed by atoms with Crippen molar-refractivity contribution in [3.8, 4) is 0 Å². The van der Waals surface area contributed by atoms with Crippen molar-refractivity contribution in [1.82, 2.24) is 14.6 Å². The maximum atomic E-state index is 13.0. The molecule has 1 aromatic heterocycles. The van der Waals surface area contributed by atoms with Crippen LogP contribution in [0, 0.1) is 23.2 Å². The van der Waals surface area contributed by atoms with E-state index in [-0.39, 0.29) is 28.1 Å². The van der Waals surface area contributed by atoms with Crippen LogP contribution < -0.4 is 5.32 Å². The Hall–Kier alpha value is -1.67. The zero-order valence-corrected chi connectivity index (χ0v) is 19.1. The van der Waals surface area contributed by atoms with Crippen molar-refractivity contribution in [3.63, 3.8) is 0 Å². The number of rotatable bonds is 7. The minimum atomic E-state index is -3.53. The van der Waals surface area contributed by atoms with Gasteiger partial charge in [0.05, 0.1) is 10.6 Å². The van der Waals surface area contributed by atoms with Crippen molar-refractivity contribution in [2.45, 2.75) is 24.2 Å². The zero-order valence-electron chi connectivity index (χ0n) is 16.8. The molecule has 3 fully saturated rings. The van der Waals surface area contributed by atoms with Gasteiger partial charge in [0.2, 0.25) is 10.0 Å². The number of amides is 1. The molecule has 2 heterocycles. The fraction of sp³-hybridized carbons (Fsp3) is 0.455. The standard InChI is InChI=1S/C22H23Cl2N3O3S/c23-15-5-6-17(20(24)8-15)21(28)26-13-22(9-14-3-4-14)18-11-27(12-19(18)22)31(29,30)16-2-1-7-25-10-16/h1-2,5-8,10,14,18-19H,3-4,9,11-13H2,(H,26,28)/t18-,19+,22?. The highest BCUT2D eigenvalue weighted by molar-refractivity contribution is 7.89. The second-order valence-corrected chi connectivity index (χ2v) is 11.7. The molecular weight excluding hydrogens is 457 g/mol. The lowest BCUT2D eigenvalue weighted by Crippen LogP contribution is -2.39. The monoisotopic (exact) mass is 479 g/mol. The number of fused-ring (bicyclic) bond motifs is 1. The highest BCUT2D eigenvalue weighted by Gasteiger charge is 2.69. The Morgan fingerprint density at radius 1 is 1.19 bits per heavy atom. The van der Waals surface area contributed by atoms with Gasteiger partial charge in [0, 0.05) is 37.1 Å². The van der Waals surface area contributed by atoms with E-state index < -0.39 is 10.0 Å². The number of carbonyl (C=O) groups excluding carboxylic acids is 1. The van der Waals surface area contributed by atoms with Gasteiger partial charge in [-0.2, -0.15) is 4.31 Å². The molecule has 3 atom stereocenters. The molecule has 3 aliphatic rings. The molecule has 1 aromatic carbocycles. The van der Waals surface area contributed by atoms with Crippen molar-refractivity contribution in [1.29, 1.82) is 0 Å². The molecule has 5 rings (SSSR count). The Morgan fingerprint density at radius 3 is 2.55 bits per heavy atom. The number of carbonyl (C=O) groups is 1. The van der Waals surface area contributed by atoms with Crippen LogP contribution in [-0.2, 0) is 10.0 Å². The molecule has 0 bridgehead atoms. The fourth-order valence-electron chi connectivity index (χ4n) is 5.16. The van der Waals surface area contributed by atoms with E-state index in [9.17, 15) is 13.2 Å². The quantitative estimate of drug-likeness (QED) is 0.653. The molecule has 6 nitrogen and oxygen atoms in total.